The van der Waals surface area contributed by atoms with Crippen LogP contribution < -0.4 is 0 Å². The molecule has 2 nitrogen and oxygen atoms in total. The third-order valence-corrected chi connectivity index (χ3v) is 3.12. The molecule has 13 heavy (non-hydrogen) atoms. The van der Waals surface area contributed by atoms with Crippen LogP contribution in [0.1, 0.15) is 40.0 Å². The highest BCUT2D eigenvalue weighted by atomic mass is 16.5. The monoisotopic (exact) mass is 186 g/mol. The topological polar surface area (TPSA) is 29.5 Å². The Bertz CT molecular complexity index is 145. The molecule has 1 rings (SSSR count). The third-order valence-electron chi connectivity index (χ3n) is 3.12. The zero-order valence-corrected chi connectivity index (χ0v) is 8.99. The molecule has 1 N–H and O–H groups in total. The van der Waals surface area contributed by atoms with Crippen LogP contribution >= 0.6 is 0 Å². The van der Waals surface area contributed by atoms with Crippen molar-refractivity contribution in [3.63, 3.8) is 0 Å². The quantitative estimate of drug-likeness (QED) is 0.732. The second-order valence-electron chi connectivity index (χ2n) is 4.57. The highest BCUT2D eigenvalue weighted by Gasteiger charge is 2.24. The van der Waals surface area contributed by atoms with E-state index in [9.17, 15) is 0 Å². The second-order valence-corrected chi connectivity index (χ2v) is 4.57. The molecule has 0 heterocycles. The lowest BCUT2D eigenvalue weighted by Crippen LogP contribution is -2.28. The van der Waals surface area contributed by atoms with Crippen molar-refractivity contribution in [2.45, 2.75) is 52.2 Å². The summed E-state index contributed by atoms with van der Waals surface area (Å²) >= 11 is 0. The number of rotatable bonds is 3. The average Bonchev–Trinajstić information content (AvgIpc) is 2.07. The van der Waals surface area contributed by atoms with Crippen LogP contribution in [-0.4, -0.2) is 23.9 Å². The first kappa shape index (κ1) is 11.0. The van der Waals surface area contributed by atoms with Crippen molar-refractivity contribution in [3.05, 3.63) is 0 Å². The SMILES string of the molecule is CC1CCC(OC[C@H](C)O)CC1C. The predicted molar refractivity (Wildman–Crippen MR) is 53.6 cm³/mol. The molecule has 4 atom stereocenters. The van der Waals surface area contributed by atoms with E-state index in [1.165, 1.54) is 6.42 Å². The van der Waals surface area contributed by atoms with Crippen molar-refractivity contribution >= 4 is 0 Å². The van der Waals surface area contributed by atoms with E-state index in [1.54, 1.807) is 6.92 Å². The second kappa shape index (κ2) is 4.97. The molecule has 0 aromatic heterocycles. The van der Waals surface area contributed by atoms with Crippen molar-refractivity contribution in [3.8, 4) is 0 Å². The largest absolute Gasteiger partial charge is 0.391 e. The molecule has 1 aliphatic carbocycles. The van der Waals surface area contributed by atoms with E-state index in [0.29, 0.717) is 12.7 Å². The van der Waals surface area contributed by atoms with Gasteiger partial charge in [0.25, 0.3) is 0 Å². The van der Waals surface area contributed by atoms with Gasteiger partial charge in [-0.15, -0.1) is 0 Å². The van der Waals surface area contributed by atoms with Gasteiger partial charge in [0, 0.05) is 0 Å². The number of ether oxygens (including phenoxy) is 1. The maximum atomic E-state index is 9.08. The number of hydrogen-bond acceptors (Lipinski definition) is 2. The molecule has 0 radical (unpaired) electrons. The fourth-order valence-corrected chi connectivity index (χ4v) is 1.92. The van der Waals surface area contributed by atoms with Gasteiger partial charge in [0.05, 0.1) is 18.8 Å². The fraction of sp³-hybridized carbons (Fsp3) is 1.00. The minimum absolute atomic E-state index is 0.324. The van der Waals surface area contributed by atoms with Gasteiger partial charge >= 0.3 is 0 Å². The molecule has 0 aromatic carbocycles. The molecule has 1 aliphatic rings. The summed E-state index contributed by atoms with van der Waals surface area (Å²) in [4.78, 5) is 0. The maximum absolute atomic E-state index is 9.08. The number of aliphatic hydroxyl groups excluding tert-OH is 1. The summed E-state index contributed by atoms with van der Waals surface area (Å²) in [5.41, 5.74) is 0. The Kier molecular flexibility index (Phi) is 4.20. The van der Waals surface area contributed by atoms with E-state index >= 15 is 0 Å². The van der Waals surface area contributed by atoms with Crippen LogP contribution in [-0.2, 0) is 4.74 Å². The Labute approximate surface area is 81.3 Å². The van der Waals surface area contributed by atoms with E-state index in [0.717, 1.165) is 24.7 Å². The molecule has 2 heteroatoms. The zero-order valence-electron chi connectivity index (χ0n) is 8.99. The van der Waals surface area contributed by atoms with Crippen LogP contribution in [0.3, 0.4) is 0 Å². The molecular weight excluding hydrogens is 164 g/mol. The van der Waals surface area contributed by atoms with Crippen molar-refractivity contribution < 1.29 is 9.84 Å². The Hall–Kier alpha value is -0.0800. The first-order chi connectivity index (χ1) is 6.09. The Balaban J connectivity index is 2.21. The third kappa shape index (κ3) is 3.65. The van der Waals surface area contributed by atoms with Crippen LogP contribution in [0.15, 0.2) is 0 Å². The van der Waals surface area contributed by atoms with E-state index in [2.05, 4.69) is 13.8 Å². The number of aliphatic hydroxyl groups is 1. The van der Waals surface area contributed by atoms with Gasteiger partial charge in [-0.25, -0.2) is 0 Å². The highest BCUT2D eigenvalue weighted by Crippen LogP contribution is 2.30. The van der Waals surface area contributed by atoms with Gasteiger partial charge < -0.3 is 9.84 Å². The first-order valence-corrected chi connectivity index (χ1v) is 5.39. The molecule has 1 fully saturated rings. The molecule has 3 unspecified atom stereocenters. The summed E-state index contributed by atoms with van der Waals surface area (Å²) in [6.07, 6.45) is 3.66. The molecule has 0 amide bonds. The van der Waals surface area contributed by atoms with Crippen LogP contribution in [0.4, 0.5) is 0 Å². The summed E-state index contributed by atoms with van der Waals surface area (Å²) in [5, 5.41) is 9.08. The van der Waals surface area contributed by atoms with Crippen molar-refractivity contribution in [2.24, 2.45) is 11.8 Å². The van der Waals surface area contributed by atoms with Crippen LogP contribution in [0.25, 0.3) is 0 Å². The standard InChI is InChI=1S/C11H22O2/c1-8-4-5-11(6-9(8)2)13-7-10(3)12/h8-12H,4-7H2,1-3H3/t8?,9?,10-,11?/m0/s1. The molecule has 0 bridgehead atoms. The predicted octanol–water partition coefficient (Wildman–Crippen LogP) is 2.21. The van der Waals surface area contributed by atoms with Gasteiger partial charge in [-0.3, -0.25) is 0 Å². The van der Waals surface area contributed by atoms with Crippen molar-refractivity contribution in [2.75, 3.05) is 6.61 Å². The number of hydrogen-bond donors (Lipinski definition) is 1. The molecule has 0 saturated heterocycles. The van der Waals surface area contributed by atoms with E-state index in [1.807, 2.05) is 0 Å². The minimum atomic E-state index is -0.324. The molecule has 1 saturated carbocycles. The van der Waals surface area contributed by atoms with E-state index < -0.39 is 0 Å². The van der Waals surface area contributed by atoms with Gasteiger partial charge in [0.2, 0.25) is 0 Å². The summed E-state index contributed by atoms with van der Waals surface area (Å²) in [6.45, 7) is 6.87. The lowest BCUT2D eigenvalue weighted by Gasteiger charge is -2.32. The van der Waals surface area contributed by atoms with E-state index in [-0.39, 0.29) is 6.10 Å². The fourth-order valence-electron chi connectivity index (χ4n) is 1.92. The van der Waals surface area contributed by atoms with E-state index in [4.69, 9.17) is 9.84 Å². The van der Waals surface area contributed by atoms with Crippen molar-refractivity contribution in [1.29, 1.82) is 0 Å². The van der Waals surface area contributed by atoms with Crippen LogP contribution in [0.5, 0.6) is 0 Å². The lowest BCUT2D eigenvalue weighted by atomic mass is 9.80. The van der Waals surface area contributed by atoms with Crippen LogP contribution in [0, 0.1) is 11.8 Å². The normalized spacial score (nSPS) is 37.4. The smallest absolute Gasteiger partial charge is 0.0745 e. The molecule has 0 aromatic rings. The van der Waals surface area contributed by atoms with Gasteiger partial charge in [-0.1, -0.05) is 13.8 Å². The van der Waals surface area contributed by atoms with Gasteiger partial charge in [0.1, 0.15) is 0 Å². The Morgan fingerprint density at radius 3 is 2.54 bits per heavy atom. The van der Waals surface area contributed by atoms with Gasteiger partial charge in [-0.2, -0.15) is 0 Å². The lowest BCUT2D eigenvalue weighted by molar-refractivity contribution is -0.0341. The average molecular weight is 186 g/mol. The molecule has 78 valence electrons. The van der Waals surface area contributed by atoms with Crippen LogP contribution in [0.2, 0.25) is 0 Å². The minimum Gasteiger partial charge on any atom is -0.391 e. The summed E-state index contributed by atoms with van der Waals surface area (Å²) < 4.78 is 5.61. The van der Waals surface area contributed by atoms with Crippen molar-refractivity contribution in [1.82, 2.24) is 0 Å². The molecule has 0 spiro atoms. The summed E-state index contributed by atoms with van der Waals surface area (Å²) in [7, 11) is 0. The maximum Gasteiger partial charge on any atom is 0.0745 e. The zero-order chi connectivity index (χ0) is 9.84. The molecule has 0 aliphatic heterocycles. The Morgan fingerprint density at radius 2 is 2.00 bits per heavy atom. The Morgan fingerprint density at radius 1 is 1.31 bits per heavy atom. The summed E-state index contributed by atoms with van der Waals surface area (Å²) in [5.74, 6) is 1.61. The first-order valence-electron chi connectivity index (χ1n) is 5.39. The summed E-state index contributed by atoms with van der Waals surface area (Å²) in [6, 6.07) is 0. The van der Waals surface area contributed by atoms with Gasteiger partial charge in [-0.05, 0) is 38.0 Å². The molecular formula is C11H22O2. The highest BCUT2D eigenvalue weighted by molar-refractivity contribution is 4.75. The van der Waals surface area contributed by atoms with Gasteiger partial charge in [0.15, 0.2) is 0 Å².